The molecule has 0 bridgehead atoms. The number of benzene rings is 3. The number of ether oxygens (including phenoxy) is 1. The normalized spacial score (nSPS) is 11.0. The van der Waals surface area contributed by atoms with E-state index >= 15 is 0 Å². The molecule has 0 saturated carbocycles. The molecule has 1 N–H and O–H groups in total. The summed E-state index contributed by atoms with van der Waals surface area (Å²) >= 11 is 6.92. The minimum Gasteiger partial charge on any atom is -0.488 e. The number of hydrogen-bond acceptors (Lipinski definition) is 3. The van der Waals surface area contributed by atoms with E-state index < -0.39 is 5.91 Å². The summed E-state index contributed by atoms with van der Waals surface area (Å²) in [6, 6.07) is 21.0. The second-order valence-corrected chi connectivity index (χ2v) is 8.80. The zero-order chi connectivity index (χ0) is 22.4. The lowest BCUT2D eigenvalue weighted by Crippen LogP contribution is -2.13. The number of rotatable bonds is 6. The van der Waals surface area contributed by atoms with Gasteiger partial charge in [0.1, 0.15) is 24.0 Å². The first-order chi connectivity index (χ1) is 14.9. The lowest BCUT2D eigenvalue weighted by atomic mass is 10.1. The van der Waals surface area contributed by atoms with Gasteiger partial charge in [0.05, 0.1) is 4.47 Å². The Balaban J connectivity index is 1.70. The van der Waals surface area contributed by atoms with E-state index in [4.69, 9.17) is 4.74 Å². The van der Waals surface area contributed by atoms with Crippen LogP contribution in [0.2, 0.25) is 0 Å². The molecule has 0 fully saturated rings. The number of amides is 1. The number of carbonyl (C=O) groups excluding carboxylic acids is 1. The SMILES string of the molecule is Cc1ccc(NC(=O)/C(C#N)=C/c2ccc(OCc3ccc(Br)cc3)c(Br)c2)cc1C. The lowest BCUT2D eigenvalue weighted by molar-refractivity contribution is -0.112. The predicted octanol–water partition coefficient (Wildman–Crippen LogP) is 6.95. The zero-order valence-electron chi connectivity index (χ0n) is 17.1. The Bertz CT molecular complexity index is 1180. The number of carbonyl (C=O) groups is 1. The highest BCUT2D eigenvalue weighted by atomic mass is 79.9. The van der Waals surface area contributed by atoms with Crippen molar-refractivity contribution in [1.82, 2.24) is 0 Å². The van der Waals surface area contributed by atoms with Crippen molar-refractivity contribution < 1.29 is 9.53 Å². The van der Waals surface area contributed by atoms with Crippen molar-refractivity contribution in [3.05, 3.63) is 97.4 Å². The number of nitrogens with zero attached hydrogens (tertiary/aromatic N) is 1. The van der Waals surface area contributed by atoms with E-state index in [1.165, 1.54) is 0 Å². The van der Waals surface area contributed by atoms with Crippen molar-refractivity contribution in [1.29, 1.82) is 5.26 Å². The second kappa shape index (κ2) is 10.4. The minimum absolute atomic E-state index is 0.0219. The number of nitrogens with one attached hydrogen (secondary N) is 1. The van der Waals surface area contributed by atoms with Crippen LogP contribution >= 0.6 is 31.9 Å². The third-order valence-corrected chi connectivity index (χ3v) is 5.85. The molecule has 6 heteroatoms. The molecule has 0 aliphatic rings. The molecule has 0 heterocycles. The first kappa shape index (κ1) is 22.8. The van der Waals surface area contributed by atoms with Gasteiger partial charge in [-0.05, 0) is 94.5 Å². The Labute approximate surface area is 198 Å². The van der Waals surface area contributed by atoms with E-state index in [9.17, 15) is 10.1 Å². The molecule has 31 heavy (non-hydrogen) atoms. The van der Waals surface area contributed by atoms with Crippen LogP contribution in [0, 0.1) is 25.2 Å². The standard InChI is InChI=1S/C25H20Br2N2O2/c1-16-3-9-22(11-17(16)2)29-25(30)20(14-28)12-19-6-10-24(23(27)13-19)31-15-18-4-7-21(26)8-5-18/h3-13H,15H2,1-2H3,(H,29,30)/b20-12+. The van der Waals surface area contributed by atoms with Crippen LogP contribution in [0.4, 0.5) is 5.69 Å². The molecule has 3 aromatic rings. The number of anilines is 1. The molecule has 0 aliphatic carbocycles. The van der Waals surface area contributed by atoms with Gasteiger partial charge in [-0.2, -0.15) is 5.26 Å². The van der Waals surface area contributed by atoms with Crippen LogP contribution in [0.1, 0.15) is 22.3 Å². The van der Waals surface area contributed by atoms with Crippen LogP contribution < -0.4 is 10.1 Å². The van der Waals surface area contributed by atoms with Crippen molar-refractivity contribution in [2.75, 3.05) is 5.32 Å². The van der Waals surface area contributed by atoms with Gasteiger partial charge in [-0.15, -0.1) is 0 Å². The highest BCUT2D eigenvalue weighted by Gasteiger charge is 2.11. The van der Waals surface area contributed by atoms with Gasteiger partial charge in [-0.25, -0.2) is 0 Å². The quantitative estimate of drug-likeness (QED) is 0.272. The number of halogens is 2. The Kier molecular flexibility index (Phi) is 7.67. The fourth-order valence-corrected chi connectivity index (χ4v) is 3.57. The van der Waals surface area contributed by atoms with Crippen LogP contribution in [0.15, 0.2) is 75.2 Å². The second-order valence-electron chi connectivity index (χ2n) is 7.03. The first-order valence-corrected chi connectivity index (χ1v) is 11.1. The van der Waals surface area contributed by atoms with Gasteiger partial charge in [0.25, 0.3) is 5.91 Å². The largest absolute Gasteiger partial charge is 0.488 e. The lowest BCUT2D eigenvalue weighted by Gasteiger charge is -2.10. The van der Waals surface area contributed by atoms with Gasteiger partial charge >= 0.3 is 0 Å². The van der Waals surface area contributed by atoms with E-state index in [1.807, 2.05) is 80.6 Å². The van der Waals surface area contributed by atoms with Crippen molar-refractivity contribution in [3.8, 4) is 11.8 Å². The van der Waals surface area contributed by atoms with Crippen molar-refractivity contribution in [2.24, 2.45) is 0 Å². The third-order valence-electron chi connectivity index (χ3n) is 4.70. The molecule has 0 aromatic heterocycles. The third kappa shape index (κ3) is 6.30. The maximum absolute atomic E-state index is 12.5. The van der Waals surface area contributed by atoms with Crippen molar-refractivity contribution in [3.63, 3.8) is 0 Å². The average molecular weight is 540 g/mol. The molecule has 0 aliphatic heterocycles. The minimum atomic E-state index is -0.447. The fraction of sp³-hybridized carbons (Fsp3) is 0.120. The summed E-state index contributed by atoms with van der Waals surface area (Å²) in [6.07, 6.45) is 1.56. The molecule has 0 spiro atoms. The first-order valence-electron chi connectivity index (χ1n) is 9.53. The molecule has 3 aromatic carbocycles. The summed E-state index contributed by atoms with van der Waals surface area (Å²) in [6.45, 7) is 4.42. The van der Waals surface area contributed by atoms with Crippen LogP contribution in [-0.4, -0.2) is 5.91 Å². The van der Waals surface area contributed by atoms with Crippen molar-refractivity contribution >= 4 is 49.5 Å². The number of hydrogen-bond donors (Lipinski definition) is 1. The Morgan fingerprint density at radius 2 is 1.77 bits per heavy atom. The Morgan fingerprint density at radius 1 is 1.03 bits per heavy atom. The fourth-order valence-electron chi connectivity index (χ4n) is 2.80. The van der Waals surface area contributed by atoms with E-state index in [0.717, 1.165) is 31.2 Å². The Hall–Kier alpha value is -2.88. The summed E-state index contributed by atoms with van der Waals surface area (Å²) in [4.78, 5) is 12.5. The molecule has 156 valence electrons. The number of aryl methyl sites for hydroxylation is 2. The predicted molar refractivity (Wildman–Crippen MR) is 131 cm³/mol. The van der Waals surface area contributed by atoms with E-state index in [2.05, 4.69) is 37.2 Å². The topological polar surface area (TPSA) is 62.1 Å². The maximum atomic E-state index is 12.5. The molecular weight excluding hydrogens is 520 g/mol. The zero-order valence-corrected chi connectivity index (χ0v) is 20.2. The van der Waals surface area contributed by atoms with Crippen LogP contribution in [-0.2, 0) is 11.4 Å². The van der Waals surface area contributed by atoms with Gasteiger partial charge < -0.3 is 10.1 Å². The van der Waals surface area contributed by atoms with Crippen LogP contribution in [0.3, 0.4) is 0 Å². The van der Waals surface area contributed by atoms with Gasteiger partial charge in [0, 0.05) is 10.2 Å². The van der Waals surface area contributed by atoms with Crippen molar-refractivity contribution in [2.45, 2.75) is 20.5 Å². The summed E-state index contributed by atoms with van der Waals surface area (Å²) in [5.41, 5.74) is 4.66. The molecule has 0 unspecified atom stereocenters. The molecule has 0 atom stereocenters. The van der Waals surface area contributed by atoms with E-state index in [1.54, 1.807) is 6.08 Å². The molecule has 0 saturated heterocycles. The molecular formula is C25H20Br2N2O2. The summed E-state index contributed by atoms with van der Waals surface area (Å²) in [5, 5.41) is 12.2. The summed E-state index contributed by atoms with van der Waals surface area (Å²) < 4.78 is 7.63. The van der Waals surface area contributed by atoms with E-state index in [0.29, 0.717) is 18.0 Å². The molecule has 3 rings (SSSR count). The average Bonchev–Trinajstić information content (AvgIpc) is 2.75. The summed E-state index contributed by atoms with van der Waals surface area (Å²) in [5.74, 6) is 0.232. The smallest absolute Gasteiger partial charge is 0.266 e. The maximum Gasteiger partial charge on any atom is 0.266 e. The van der Waals surface area contributed by atoms with Crippen LogP contribution in [0.5, 0.6) is 5.75 Å². The molecule has 0 radical (unpaired) electrons. The Morgan fingerprint density at radius 3 is 2.42 bits per heavy atom. The summed E-state index contributed by atoms with van der Waals surface area (Å²) in [7, 11) is 0. The van der Waals surface area contributed by atoms with Gasteiger partial charge in [-0.1, -0.05) is 40.2 Å². The van der Waals surface area contributed by atoms with Crippen LogP contribution in [0.25, 0.3) is 6.08 Å². The number of nitriles is 1. The van der Waals surface area contributed by atoms with E-state index in [-0.39, 0.29) is 5.57 Å². The van der Waals surface area contributed by atoms with Gasteiger partial charge in [-0.3, -0.25) is 4.79 Å². The molecule has 4 nitrogen and oxygen atoms in total. The van der Waals surface area contributed by atoms with Gasteiger partial charge in [0.15, 0.2) is 0 Å². The molecule has 1 amide bonds. The monoisotopic (exact) mass is 538 g/mol. The van der Waals surface area contributed by atoms with Gasteiger partial charge in [0.2, 0.25) is 0 Å². The highest BCUT2D eigenvalue weighted by Crippen LogP contribution is 2.28. The highest BCUT2D eigenvalue weighted by molar-refractivity contribution is 9.10.